The van der Waals surface area contributed by atoms with Crippen molar-refractivity contribution >= 4 is 10.0 Å². The van der Waals surface area contributed by atoms with E-state index in [1.165, 1.54) is 12.1 Å². The van der Waals surface area contributed by atoms with Crippen molar-refractivity contribution in [3.8, 4) is 5.69 Å². The molecule has 1 aromatic carbocycles. The molecule has 9 nitrogen and oxygen atoms in total. The number of hydrogen-bond acceptors (Lipinski definition) is 7. The second-order valence-corrected chi connectivity index (χ2v) is 9.42. The molecule has 0 spiro atoms. The fourth-order valence-corrected chi connectivity index (χ4v) is 5.17. The number of halogens is 1. The van der Waals surface area contributed by atoms with Crippen molar-refractivity contribution in [1.82, 2.24) is 24.5 Å². The molecule has 2 heterocycles. The third kappa shape index (κ3) is 4.85. The minimum Gasteiger partial charge on any atom is -0.391 e. The summed E-state index contributed by atoms with van der Waals surface area (Å²) in [7, 11) is -2.37. The third-order valence-corrected chi connectivity index (χ3v) is 6.96. The van der Waals surface area contributed by atoms with Gasteiger partial charge in [0.05, 0.1) is 22.9 Å². The number of hydrogen-bond donors (Lipinski definition) is 2. The number of benzene rings is 1. The van der Waals surface area contributed by atoms with Gasteiger partial charge in [0.15, 0.2) is 5.82 Å². The number of aliphatic hydroxyl groups is 1. The molecule has 4 rings (SSSR count). The molecule has 1 aliphatic carbocycles. The van der Waals surface area contributed by atoms with Gasteiger partial charge >= 0.3 is 0 Å². The van der Waals surface area contributed by atoms with Crippen LogP contribution in [0.2, 0.25) is 0 Å². The van der Waals surface area contributed by atoms with E-state index in [0.717, 1.165) is 17.8 Å². The summed E-state index contributed by atoms with van der Waals surface area (Å²) in [5.74, 6) is 0.477. The van der Waals surface area contributed by atoms with Gasteiger partial charge in [-0.2, -0.15) is 0 Å². The second-order valence-electron chi connectivity index (χ2n) is 7.70. The molecule has 0 amide bonds. The van der Waals surface area contributed by atoms with E-state index in [0.29, 0.717) is 30.9 Å². The van der Waals surface area contributed by atoms with E-state index < -0.39 is 28.0 Å². The van der Waals surface area contributed by atoms with E-state index in [-0.39, 0.29) is 17.4 Å². The Kier molecular flexibility index (Phi) is 6.60. The number of nitrogens with zero attached hydrogens (tertiary/aromatic N) is 4. The molecule has 11 heteroatoms. The maximum absolute atomic E-state index is 13.2. The lowest BCUT2D eigenvalue weighted by molar-refractivity contribution is 0.0918. The first-order valence-corrected chi connectivity index (χ1v) is 11.7. The molecule has 1 fully saturated rings. The van der Waals surface area contributed by atoms with Crippen molar-refractivity contribution in [1.29, 1.82) is 0 Å². The molecule has 170 valence electrons. The van der Waals surface area contributed by atoms with Gasteiger partial charge in [-0.05, 0) is 55.7 Å². The highest BCUT2D eigenvalue weighted by atomic mass is 32.2. The molecule has 3 aromatic rings. The Morgan fingerprint density at radius 3 is 2.72 bits per heavy atom. The molecule has 0 saturated heterocycles. The first-order chi connectivity index (χ1) is 15.4. The lowest BCUT2D eigenvalue weighted by Crippen LogP contribution is -2.46. The summed E-state index contributed by atoms with van der Waals surface area (Å²) in [5.41, 5.74) is 0.729. The van der Waals surface area contributed by atoms with Gasteiger partial charge in [0.1, 0.15) is 18.2 Å². The largest absolute Gasteiger partial charge is 0.391 e. The summed E-state index contributed by atoms with van der Waals surface area (Å²) >= 11 is 0. The molecule has 1 aliphatic rings. The molecule has 0 bridgehead atoms. The summed E-state index contributed by atoms with van der Waals surface area (Å²) in [5, 5.41) is 15.0. The summed E-state index contributed by atoms with van der Waals surface area (Å²) in [6, 6.07) is 7.48. The molecule has 3 atom stereocenters. The van der Waals surface area contributed by atoms with E-state index in [1.807, 2.05) is 6.07 Å². The summed E-state index contributed by atoms with van der Waals surface area (Å²) < 4.78 is 48.2. The van der Waals surface area contributed by atoms with Gasteiger partial charge in [-0.15, -0.1) is 5.10 Å². The monoisotopic (exact) mass is 461 g/mol. The fraction of sp³-hybridized carbons (Fsp3) is 0.381. The number of aliphatic hydroxyl groups excluding tert-OH is 1. The van der Waals surface area contributed by atoms with Crippen LogP contribution in [0.1, 0.15) is 36.8 Å². The van der Waals surface area contributed by atoms with Crippen LogP contribution in [0, 0.1) is 5.82 Å². The summed E-state index contributed by atoms with van der Waals surface area (Å²) in [4.78, 5) is 8.70. The molecular weight excluding hydrogens is 437 g/mol. The van der Waals surface area contributed by atoms with Crippen LogP contribution in [0.4, 0.5) is 4.39 Å². The van der Waals surface area contributed by atoms with Crippen molar-refractivity contribution in [3.05, 3.63) is 66.3 Å². The number of sulfonamides is 1. The van der Waals surface area contributed by atoms with Crippen molar-refractivity contribution < 1.29 is 22.7 Å². The van der Waals surface area contributed by atoms with Gasteiger partial charge in [-0.3, -0.25) is 4.98 Å². The highest BCUT2D eigenvalue weighted by Crippen LogP contribution is 2.34. The Morgan fingerprint density at radius 1 is 1.25 bits per heavy atom. The van der Waals surface area contributed by atoms with Crippen LogP contribution in [0.15, 0.2) is 53.7 Å². The van der Waals surface area contributed by atoms with Gasteiger partial charge in [0.2, 0.25) is 10.0 Å². The predicted octanol–water partition coefficient (Wildman–Crippen LogP) is 1.92. The van der Waals surface area contributed by atoms with E-state index in [2.05, 4.69) is 19.8 Å². The van der Waals surface area contributed by atoms with Crippen LogP contribution < -0.4 is 4.72 Å². The minimum absolute atomic E-state index is 0.0610. The van der Waals surface area contributed by atoms with Crippen LogP contribution in [-0.2, 0) is 21.4 Å². The first kappa shape index (κ1) is 22.5. The topological polar surface area (TPSA) is 119 Å². The summed E-state index contributed by atoms with van der Waals surface area (Å²) in [6.07, 6.45) is 3.80. The van der Waals surface area contributed by atoms with Crippen molar-refractivity contribution in [2.24, 2.45) is 0 Å². The van der Waals surface area contributed by atoms with Gasteiger partial charge in [0.25, 0.3) is 0 Å². The number of nitrogens with one attached hydrogen (secondary N) is 1. The number of ether oxygens (including phenoxy) is 1. The van der Waals surface area contributed by atoms with Gasteiger partial charge in [-0.1, -0.05) is 0 Å². The highest BCUT2D eigenvalue weighted by molar-refractivity contribution is 7.89. The third-order valence-electron chi connectivity index (χ3n) is 5.45. The van der Waals surface area contributed by atoms with Crippen LogP contribution in [-0.4, -0.2) is 52.5 Å². The molecule has 0 radical (unpaired) electrons. The molecule has 1 saturated carbocycles. The Morgan fingerprint density at radius 2 is 2.03 bits per heavy atom. The molecule has 32 heavy (non-hydrogen) atoms. The maximum atomic E-state index is 13.2. The Labute approximate surface area is 185 Å². The average molecular weight is 462 g/mol. The molecule has 2 N–H and O–H groups in total. The number of pyridine rings is 1. The molecule has 0 unspecified atom stereocenters. The first-order valence-electron chi connectivity index (χ1n) is 10.2. The SMILES string of the molecule is COCc1nc([C@H]2CC[C@@H](O)[C@H](NS(=O)(=O)c3ccc(F)cc3)C2)n(-c2cccnc2)n1. The lowest BCUT2D eigenvalue weighted by atomic mass is 9.83. The Bertz CT molecular complexity index is 1150. The van der Waals surface area contributed by atoms with Gasteiger partial charge < -0.3 is 9.84 Å². The number of methoxy groups -OCH3 is 1. The highest BCUT2D eigenvalue weighted by Gasteiger charge is 2.35. The number of rotatable bonds is 7. The normalized spacial score (nSPS) is 21.5. The fourth-order valence-electron chi connectivity index (χ4n) is 3.89. The molecule has 2 aromatic heterocycles. The van der Waals surface area contributed by atoms with Crippen molar-refractivity contribution in [3.63, 3.8) is 0 Å². The van der Waals surface area contributed by atoms with E-state index >= 15 is 0 Å². The van der Waals surface area contributed by atoms with Crippen LogP contribution >= 0.6 is 0 Å². The van der Waals surface area contributed by atoms with E-state index in [1.54, 1.807) is 30.3 Å². The van der Waals surface area contributed by atoms with Crippen LogP contribution in [0.3, 0.4) is 0 Å². The molecule has 0 aliphatic heterocycles. The van der Waals surface area contributed by atoms with Gasteiger partial charge in [0, 0.05) is 25.3 Å². The van der Waals surface area contributed by atoms with Gasteiger partial charge in [-0.25, -0.2) is 27.2 Å². The quantitative estimate of drug-likeness (QED) is 0.552. The zero-order chi connectivity index (χ0) is 22.7. The maximum Gasteiger partial charge on any atom is 0.240 e. The van der Waals surface area contributed by atoms with Crippen molar-refractivity contribution in [2.75, 3.05) is 7.11 Å². The zero-order valence-corrected chi connectivity index (χ0v) is 18.2. The van der Waals surface area contributed by atoms with Crippen LogP contribution in [0.5, 0.6) is 0 Å². The average Bonchev–Trinajstić information content (AvgIpc) is 3.20. The number of aromatic nitrogens is 4. The smallest absolute Gasteiger partial charge is 0.240 e. The lowest BCUT2D eigenvalue weighted by Gasteiger charge is -2.33. The minimum atomic E-state index is -3.93. The standard InChI is InChI=1S/C21H24FN5O4S/c1-31-13-20-24-21(27(25-20)16-3-2-10-23-12-16)14-4-9-19(28)18(11-14)26-32(29,30)17-7-5-15(22)6-8-17/h2-3,5-8,10,12,14,18-19,26,28H,4,9,11,13H2,1H3/t14-,18+,19+/m0/s1. The second kappa shape index (κ2) is 9.41. The Balaban J connectivity index is 1.60. The summed E-state index contributed by atoms with van der Waals surface area (Å²) in [6.45, 7) is 0.232. The zero-order valence-electron chi connectivity index (χ0n) is 17.4. The molecular formula is C21H24FN5O4S. The Hall–Kier alpha value is -2.73. The van der Waals surface area contributed by atoms with Crippen LogP contribution in [0.25, 0.3) is 5.69 Å². The van der Waals surface area contributed by atoms with E-state index in [4.69, 9.17) is 4.74 Å². The van der Waals surface area contributed by atoms with E-state index in [9.17, 15) is 17.9 Å². The predicted molar refractivity (Wildman–Crippen MR) is 113 cm³/mol. The van der Waals surface area contributed by atoms with Crippen molar-refractivity contribution in [2.45, 2.75) is 48.8 Å².